The van der Waals surface area contributed by atoms with E-state index in [1.807, 2.05) is 24.3 Å². The molecule has 2 N–H and O–H groups in total. The third-order valence-electron chi connectivity index (χ3n) is 2.58. The fourth-order valence-corrected chi connectivity index (χ4v) is 1.45. The standard InChI is InChI=1S/C14H18N2O3/c1-4-10-5-7-11(8-6-10)16-12(14(18)15-2)9-13(17)19-3/h5-9,16H,4H2,1-3H3,(H,15,18)/b12-9-. The van der Waals surface area contributed by atoms with Gasteiger partial charge in [0.2, 0.25) is 0 Å². The Hall–Kier alpha value is -2.30. The molecule has 0 atom stereocenters. The predicted octanol–water partition coefficient (Wildman–Crippen LogP) is 1.46. The SMILES string of the molecule is CCc1ccc(N/C(=C\C(=O)OC)C(=O)NC)cc1. The average Bonchev–Trinajstić information content (AvgIpc) is 2.46. The molecule has 0 aliphatic carbocycles. The Morgan fingerprint density at radius 3 is 2.37 bits per heavy atom. The first-order valence-corrected chi connectivity index (χ1v) is 5.98. The van der Waals surface area contributed by atoms with Gasteiger partial charge in [-0.05, 0) is 24.1 Å². The average molecular weight is 262 g/mol. The fraction of sp³-hybridized carbons (Fsp3) is 0.286. The lowest BCUT2D eigenvalue weighted by molar-refractivity contribution is -0.135. The Labute approximate surface area is 112 Å². The van der Waals surface area contributed by atoms with Gasteiger partial charge in [0.1, 0.15) is 5.70 Å². The van der Waals surface area contributed by atoms with Crippen molar-refractivity contribution in [2.75, 3.05) is 19.5 Å². The Balaban J connectivity index is 2.90. The molecule has 1 aromatic rings. The molecule has 5 heteroatoms. The molecule has 0 heterocycles. The van der Waals surface area contributed by atoms with Crippen molar-refractivity contribution in [3.05, 3.63) is 41.6 Å². The highest BCUT2D eigenvalue weighted by molar-refractivity contribution is 6.01. The summed E-state index contributed by atoms with van der Waals surface area (Å²) in [7, 11) is 2.76. The first kappa shape index (κ1) is 14.8. The molecule has 1 rings (SSSR count). The summed E-state index contributed by atoms with van der Waals surface area (Å²) in [5.74, 6) is -0.971. The molecule has 0 aliphatic rings. The van der Waals surface area contributed by atoms with E-state index in [0.29, 0.717) is 0 Å². The van der Waals surface area contributed by atoms with Crippen LogP contribution in [0.5, 0.6) is 0 Å². The normalized spacial score (nSPS) is 10.8. The summed E-state index contributed by atoms with van der Waals surface area (Å²) in [5.41, 5.74) is 2.07. The molecule has 1 aromatic carbocycles. The first-order valence-electron chi connectivity index (χ1n) is 5.98. The molecule has 102 valence electrons. The predicted molar refractivity (Wildman–Crippen MR) is 73.6 cm³/mol. The lowest BCUT2D eigenvalue weighted by Crippen LogP contribution is -2.25. The van der Waals surface area contributed by atoms with Crippen molar-refractivity contribution in [2.24, 2.45) is 0 Å². The largest absolute Gasteiger partial charge is 0.466 e. The number of rotatable bonds is 5. The van der Waals surface area contributed by atoms with Crippen molar-refractivity contribution < 1.29 is 14.3 Å². The van der Waals surface area contributed by atoms with Crippen LogP contribution in [0.25, 0.3) is 0 Å². The van der Waals surface area contributed by atoms with E-state index in [-0.39, 0.29) is 11.6 Å². The van der Waals surface area contributed by atoms with Crippen LogP contribution in [0.15, 0.2) is 36.0 Å². The summed E-state index contributed by atoms with van der Waals surface area (Å²) in [6, 6.07) is 7.63. The molecule has 0 aliphatic heterocycles. The van der Waals surface area contributed by atoms with Crippen LogP contribution in [-0.2, 0) is 20.7 Å². The maximum atomic E-state index is 11.6. The van der Waals surface area contributed by atoms with Crippen LogP contribution in [0, 0.1) is 0 Å². The van der Waals surface area contributed by atoms with Gasteiger partial charge in [0.25, 0.3) is 5.91 Å². The third kappa shape index (κ3) is 4.46. The molecule has 0 saturated carbocycles. The van der Waals surface area contributed by atoms with Crippen molar-refractivity contribution in [1.82, 2.24) is 5.32 Å². The number of likely N-dealkylation sites (N-methyl/N-ethyl adjacent to an activating group) is 1. The Morgan fingerprint density at radius 2 is 1.89 bits per heavy atom. The number of esters is 1. The van der Waals surface area contributed by atoms with Crippen LogP contribution >= 0.6 is 0 Å². The van der Waals surface area contributed by atoms with E-state index < -0.39 is 5.97 Å². The van der Waals surface area contributed by atoms with Gasteiger partial charge in [0.05, 0.1) is 13.2 Å². The van der Waals surface area contributed by atoms with Gasteiger partial charge < -0.3 is 15.4 Å². The number of benzene rings is 1. The molecule has 0 fully saturated rings. The van der Waals surface area contributed by atoms with Gasteiger partial charge in [-0.2, -0.15) is 0 Å². The van der Waals surface area contributed by atoms with Crippen LogP contribution < -0.4 is 10.6 Å². The summed E-state index contributed by atoms with van der Waals surface area (Å²) < 4.78 is 4.51. The Kier molecular flexibility index (Phi) is 5.60. The maximum absolute atomic E-state index is 11.6. The summed E-state index contributed by atoms with van der Waals surface area (Å²) in [6.07, 6.45) is 2.06. The number of ether oxygens (including phenoxy) is 1. The van der Waals surface area contributed by atoms with Gasteiger partial charge >= 0.3 is 5.97 Å². The van der Waals surface area contributed by atoms with Gasteiger partial charge in [0, 0.05) is 12.7 Å². The van der Waals surface area contributed by atoms with E-state index in [1.165, 1.54) is 19.7 Å². The van der Waals surface area contributed by atoms with E-state index in [2.05, 4.69) is 22.3 Å². The quantitative estimate of drug-likeness (QED) is 0.623. The number of nitrogens with one attached hydrogen (secondary N) is 2. The second-order valence-corrected chi connectivity index (χ2v) is 3.84. The highest BCUT2D eigenvalue weighted by atomic mass is 16.5. The van der Waals surface area contributed by atoms with Gasteiger partial charge in [-0.15, -0.1) is 0 Å². The molecule has 19 heavy (non-hydrogen) atoms. The topological polar surface area (TPSA) is 67.4 Å². The Morgan fingerprint density at radius 1 is 1.26 bits per heavy atom. The van der Waals surface area contributed by atoms with E-state index in [9.17, 15) is 9.59 Å². The van der Waals surface area contributed by atoms with Crippen LogP contribution in [0.3, 0.4) is 0 Å². The molecule has 0 bridgehead atoms. The van der Waals surface area contributed by atoms with Crippen molar-refractivity contribution in [3.63, 3.8) is 0 Å². The zero-order valence-corrected chi connectivity index (χ0v) is 11.3. The molecule has 0 radical (unpaired) electrons. The summed E-state index contributed by atoms with van der Waals surface area (Å²) >= 11 is 0. The van der Waals surface area contributed by atoms with E-state index >= 15 is 0 Å². The van der Waals surface area contributed by atoms with Gasteiger partial charge in [-0.1, -0.05) is 19.1 Å². The van der Waals surface area contributed by atoms with E-state index in [4.69, 9.17) is 0 Å². The number of carbonyl (C=O) groups is 2. The molecule has 0 aromatic heterocycles. The number of hydrogen-bond donors (Lipinski definition) is 2. The maximum Gasteiger partial charge on any atom is 0.332 e. The number of methoxy groups -OCH3 is 1. The van der Waals surface area contributed by atoms with Crippen LogP contribution in [-0.4, -0.2) is 26.0 Å². The highest BCUT2D eigenvalue weighted by Crippen LogP contribution is 2.12. The van der Waals surface area contributed by atoms with Crippen molar-refractivity contribution in [1.29, 1.82) is 0 Å². The van der Waals surface area contributed by atoms with Crippen molar-refractivity contribution in [3.8, 4) is 0 Å². The van der Waals surface area contributed by atoms with Crippen molar-refractivity contribution in [2.45, 2.75) is 13.3 Å². The summed E-state index contributed by atoms with van der Waals surface area (Å²) in [5, 5.41) is 5.35. The molecule has 1 amide bonds. The summed E-state index contributed by atoms with van der Waals surface area (Å²) in [6.45, 7) is 2.07. The van der Waals surface area contributed by atoms with Crippen LogP contribution in [0.1, 0.15) is 12.5 Å². The molecular formula is C14H18N2O3. The van der Waals surface area contributed by atoms with Gasteiger partial charge in [0.15, 0.2) is 0 Å². The van der Waals surface area contributed by atoms with Crippen LogP contribution in [0.4, 0.5) is 5.69 Å². The second-order valence-electron chi connectivity index (χ2n) is 3.84. The third-order valence-corrected chi connectivity index (χ3v) is 2.58. The lowest BCUT2D eigenvalue weighted by Gasteiger charge is -2.10. The molecule has 0 unspecified atom stereocenters. The summed E-state index contributed by atoms with van der Waals surface area (Å²) in [4.78, 5) is 22.9. The minimum Gasteiger partial charge on any atom is -0.466 e. The molecule has 0 saturated heterocycles. The van der Waals surface area contributed by atoms with E-state index in [1.54, 1.807) is 0 Å². The molecule has 0 spiro atoms. The number of hydrogen-bond acceptors (Lipinski definition) is 4. The minimum absolute atomic E-state index is 0.138. The second kappa shape index (κ2) is 7.20. The zero-order valence-electron chi connectivity index (χ0n) is 11.3. The molecule has 5 nitrogen and oxygen atoms in total. The van der Waals surface area contributed by atoms with Gasteiger partial charge in [-0.3, -0.25) is 4.79 Å². The van der Waals surface area contributed by atoms with Gasteiger partial charge in [-0.25, -0.2) is 4.79 Å². The smallest absolute Gasteiger partial charge is 0.332 e. The molecular weight excluding hydrogens is 244 g/mol. The van der Waals surface area contributed by atoms with Crippen molar-refractivity contribution >= 4 is 17.6 Å². The highest BCUT2D eigenvalue weighted by Gasteiger charge is 2.10. The monoisotopic (exact) mass is 262 g/mol. The zero-order chi connectivity index (χ0) is 14.3. The lowest BCUT2D eigenvalue weighted by atomic mass is 10.1. The van der Waals surface area contributed by atoms with Crippen LogP contribution in [0.2, 0.25) is 0 Å². The first-order chi connectivity index (χ1) is 9.10. The number of anilines is 1. The number of amides is 1. The number of aryl methyl sites for hydroxylation is 1. The Bertz CT molecular complexity index is 478. The number of carbonyl (C=O) groups excluding carboxylic acids is 2. The minimum atomic E-state index is -0.587. The van der Waals surface area contributed by atoms with E-state index in [0.717, 1.165) is 18.2 Å². The fourth-order valence-electron chi connectivity index (χ4n) is 1.45.